The van der Waals surface area contributed by atoms with E-state index in [4.69, 9.17) is 4.74 Å². The molecule has 0 aliphatic carbocycles. The average Bonchev–Trinajstić information content (AvgIpc) is 2.49. The average molecular weight is 270 g/mol. The molecule has 0 aliphatic heterocycles. The molecule has 0 bridgehead atoms. The molecule has 0 spiro atoms. The fraction of sp³-hybridized carbons (Fsp3) is 0.235. The summed E-state index contributed by atoms with van der Waals surface area (Å²) in [6.45, 7) is 2.41. The number of unbranched alkanes of at least 4 members (excludes halogenated alkanes) is 1. The number of aromatic hydroxyl groups is 1. The van der Waals surface area contributed by atoms with Crippen LogP contribution in [0, 0.1) is 0 Å². The first kappa shape index (κ1) is 14.1. The molecule has 104 valence electrons. The van der Waals surface area contributed by atoms with Gasteiger partial charge in [0.1, 0.15) is 11.3 Å². The lowest BCUT2D eigenvalue weighted by Crippen LogP contribution is -2.06. The summed E-state index contributed by atoms with van der Waals surface area (Å²) < 4.78 is 5.14. The van der Waals surface area contributed by atoms with E-state index >= 15 is 0 Å². The van der Waals surface area contributed by atoms with Crippen molar-refractivity contribution in [3.63, 3.8) is 0 Å². The second-order valence-electron chi connectivity index (χ2n) is 4.59. The summed E-state index contributed by atoms with van der Waals surface area (Å²) >= 11 is 0. The van der Waals surface area contributed by atoms with Crippen LogP contribution in [-0.2, 0) is 4.74 Å². The van der Waals surface area contributed by atoms with E-state index in [1.807, 2.05) is 37.3 Å². The number of phenols is 1. The number of rotatable bonds is 5. The molecule has 0 saturated heterocycles. The highest BCUT2D eigenvalue weighted by atomic mass is 16.5. The van der Waals surface area contributed by atoms with Crippen LogP contribution in [0.2, 0.25) is 0 Å². The van der Waals surface area contributed by atoms with Crippen LogP contribution in [0.15, 0.2) is 48.5 Å². The highest BCUT2D eigenvalue weighted by Crippen LogP contribution is 2.26. The van der Waals surface area contributed by atoms with Crippen LogP contribution >= 0.6 is 0 Å². The monoisotopic (exact) mass is 270 g/mol. The Hall–Kier alpha value is -2.29. The summed E-state index contributed by atoms with van der Waals surface area (Å²) in [5, 5.41) is 9.81. The van der Waals surface area contributed by atoms with Crippen LogP contribution in [0.1, 0.15) is 30.1 Å². The van der Waals surface area contributed by atoms with Crippen LogP contribution in [0.5, 0.6) is 5.75 Å². The zero-order valence-corrected chi connectivity index (χ0v) is 11.5. The number of phenolic OH excluding ortho intramolecular Hbond substituents is 1. The Balaban J connectivity index is 2.23. The van der Waals surface area contributed by atoms with Gasteiger partial charge in [0.15, 0.2) is 0 Å². The Morgan fingerprint density at radius 2 is 1.85 bits per heavy atom. The van der Waals surface area contributed by atoms with Crippen LogP contribution in [0.3, 0.4) is 0 Å². The molecule has 0 atom stereocenters. The second kappa shape index (κ2) is 6.75. The fourth-order valence-corrected chi connectivity index (χ4v) is 1.90. The van der Waals surface area contributed by atoms with Crippen molar-refractivity contribution in [3.05, 3.63) is 54.1 Å². The number of benzene rings is 2. The number of carbonyl (C=O) groups is 1. The third-order valence-corrected chi connectivity index (χ3v) is 3.05. The Bertz CT molecular complexity index is 576. The minimum absolute atomic E-state index is 0.0498. The predicted molar refractivity (Wildman–Crippen MR) is 78.7 cm³/mol. The van der Waals surface area contributed by atoms with Crippen molar-refractivity contribution in [3.8, 4) is 16.9 Å². The van der Waals surface area contributed by atoms with Crippen molar-refractivity contribution < 1.29 is 14.6 Å². The maximum atomic E-state index is 11.9. The lowest BCUT2D eigenvalue weighted by atomic mass is 10.0. The van der Waals surface area contributed by atoms with E-state index in [1.54, 1.807) is 12.1 Å². The molecule has 0 aliphatic rings. The van der Waals surface area contributed by atoms with Crippen molar-refractivity contribution in [2.45, 2.75) is 19.8 Å². The van der Waals surface area contributed by atoms with Crippen molar-refractivity contribution in [2.24, 2.45) is 0 Å². The highest BCUT2D eigenvalue weighted by molar-refractivity contribution is 5.94. The minimum Gasteiger partial charge on any atom is -0.507 e. The van der Waals surface area contributed by atoms with Gasteiger partial charge in [0.05, 0.1) is 6.61 Å². The lowest BCUT2D eigenvalue weighted by molar-refractivity contribution is 0.0496. The molecule has 0 unspecified atom stereocenters. The number of hydrogen-bond acceptors (Lipinski definition) is 3. The van der Waals surface area contributed by atoms with Crippen molar-refractivity contribution >= 4 is 5.97 Å². The van der Waals surface area contributed by atoms with Gasteiger partial charge in [0.2, 0.25) is 0 Å². The topological polar surface area (TPSA) is 46.5 Å². The number of hydrogen-bond donors (Lipinski definition) is 1. The van der Waals surface area contributed by atoms with Gasteiger partial charge in [-0.3, -0.25) is 0 Å². The zero-order valence-electron chi connectivity index (χ0n) is 11.5. The molecule has 2 rings (SSSR count). The molecule has 3 nitrogen and oxygen atoms in total. The van der Waals surface area contributed by atoms with E-state index in [0.29, 0.717) is 6.61 Å². The maximum Gasteiger partial charge on any atom is 0.341 e. The number of carbonyl (C=O) groups excluding carboxylic acids is 1. The summed E-state index contributed by atoms with van der Waals surface area (Å²) in [5.41, 5.74) is 2.09. The van der Waals surface area contributed by atoms with Gasteiger partial charge in [-0.1, -0.05) is 49.7 Å². The van der Waals surface area contributed by atoms with E-state index in [-0.39, 0.29) is 11.3 Å². The van der Waals surface area contributed by atoms with Gasteiger partial charge in [0.25, 0.3) is 0 Å². The highest BCUT2D eigenvalue weighted by Gasteiger charge is 2.13. The Kier molecular flexibility index (Phi) is 4.77. The van der Waals surface area contributed by atoms with E-state index in [0.717, 1.165) is 24.0 Å². The molecule has 0 aromatic heterocycles. The van der Waals surface area contributed by atoms with E-state index in [9.17, 15) is 9.90 Å². The van der Waals surface area contributed by atoms with Gasteiger partial charge in [-0.2, -0.15) is 0 Å². The standard InChI is InChI=1S/C17H18O3/c1-2-3-11-20-17(19)15-12-14(9-10-16(15)18)13-7-5-4-6-8-13/h4-10,12,18H,2-3,11H2,1H3. The summed E-state index contributed by atoms with van der Waals surface area (Å²) in [6.07, 6.45) is 1.79. The van der Waals surface area contributed by atoms with Crippen LogP contribution in [-0.4, -0.2) is 17.7 Å². The third kappa shape index (κ3) is 3.38. The molecule has 2 aromatic rings. The van der Waals surface area contributed by atoms with Crippen LogP contribution in [0.25, 0.3) is 11.1 Å². The van der Waals surface area contributed by atoms with Gasteiger partial charge < -0.3 is 9.84 Å². The van der Waals surface area contributed by atoms with Gasteiger partial charge >= 0.3 is 5.97 Å². The molecular weight excluding hydrogens is 252 g/mol. The quantitative estimate of drug-likeness (QED) is 0.659. The number of esters is 1. The molecule has 3 heteroatoms. The molecule has 0 heterocycles. The Morgan fingerprint density at radius 3 is 2.55 bits per heavy atom. The van der Waals surface area contributed by atoms with Gasteiger partial charge in [-0.25, -0.2) is 4.79 Å². The first-order valence-corrected chi connectivity index (χ1v) is 6.78. The lowest BCUT2D eigenvalue weighted by Gasteiger charge is -2.08. The molecule has 0 fully saturated rings. The minimum atomic E-state index is -0.478. The van der Waals surface area contributed by atoms with Crippen LogP contribution < -0.4 is 0 Å². The zero-order chi connectivity index (χ0) is 14.4. The largest absolute Gasteiger partial charge is 0.507 e. The van der Waals surface area contributed by atoms with Gasteiger partial charge in [0, 0.05) is 0 Å². The molecule has 0 radical (unpaired) electrons. The molecule has 20 heavy (non-hydrogen) atoms. The van der Waals surface area contributed by atoms with E-state index in [2.05, 4.69) is 0 Å². The molecule has 0 amide bonds. The van der Waals surface area contributed by atoms with Gasteiger partial charge in [-0.05, 0) is 29.7 Å². The summed E-state index contributed by atoms with van der Waals surface area (Å²) in [6, 6.07) is 14.7. The van der Waals surface area contributed by atoms with Gasteiger partial charge in [-0.15, -0.1) is 0 Å². The first-order chi connectivity index (χ1) is 9.72. The summed E-state index contributed by atoms with van der Waals surface area (Å²) in [4.78, 5) is 11.9. The number of ether oxygens (including phenoxy) is 1. The fourth-order valence-electron chi connectivity index (χ4n) is 1.90. The normalized spacial score (nSPS) is 10.2. The Labute approximate surface area is 118 Å². The molecule has 0 saturated carbocycles. The Morgan fingerprint density at radius 1 is 1.10 bits per heavy atom. The van der Waals surface area contributed by atoms with Crippen molar-refractivity contribution in [1.82, 2.24) is 0 Å². The molecule has 1 N–H and O–H groups in total. The summed E-state index contributed by atoms with van der Waals surface area (Å²) in [5.74, 6) is -0.528. The second-order valence-corrected chi connectivity index (χ2v) is 4.59. The van der Waals surface area contributed by atoms with Crippen molar-refractivity contribution in [1.29, 1.82) is 0 Å². The molecular formula is C17H18O3. The summed E-state index contributed by atoms with van der Waals surface area (Å²) in [7, 11) is 0. The smallest absolute Gasteiger partial charge is 0.341 e. The molecule has 2 aromatic carbocycles. The maximum absolute atomic E-state index is 11.9. The van der Waals surface area contributed by atoms with E-state index < -0.39 is 5.97 Å². The van der Waals surface area contributed by atoms with Crippen LogP contribution in [0.4, 0.5) is 0 Å². The predicted octanol–water partition coefficient (Wildman–Crippen LogP) is 4.02. The first-order valence-electron chi connectivity index (χ1n) is 6.78. The van der Waals surface area contributed by atoms with Crippen molar-refractivity contribution in [2.75, 3.05) is 6.61 Å². The van der Waals surface area contributed by atoms with E-state index in [1.165, 1.54) is 6.07 Å². The third-order valence-electron chi connectivity index (χ3n) is 3.05. The SMILES string of the molecule is CCCCOC(=O)c1cc(-c2ccccc2)ccc1O.